The van der Waals surface area contributed by atoms with Crippen LogP contribution in [-0.4, -0.2) is 0 Å². The SMILES string of the molecule is O=c1ccc(S)c2sc3ccccc3cc1-2. The van der Waals surface area contributed by atoms with Crippen molar-refractivity contribution in [3.8, 4) is 10.4 Å². The zero-order chi connectivity index (χ0) is 11.1. The lowest BCUT2D eigenvalue weighted by Crippen LogP contribution is -2.02. The van der Waals surface area contributed by atoms with Gasteiger partial charge in [0.2, 0.25) is 0 Å². The molecule has 1 aromatic carbocycles. The van der Waals surface area contributed by atoms with Gasteiger partial charge in [0.05, 0.1) is 4.88 Å². The molecule has 1 heterocycles. The molecule has 1 aliphatic heterocycles. The summed E-state index contributed by atoms with van der Waals surface area (Å²) in [4.78, 5) is 13.6. The Balaban J connectivity index is 2.56. The summed E-state index contributed by atoms with van der Waals surface area (Å²) in [6.45, 7) is 0. The first-order valence-corrected chi connectivity index (χ1v) is 6.17. The van der Waals surface area contributed by atoms with E-state index in [0.29, 0.717) is 0 Å². The number of hydrogen-bond donors (Lipinski definition) is 1. The number of hydrogen-bond acceptors (Lipinski definition) is 3. The van der Waals surface area contributed by atoms with Gasteiger partial charge in [-0.15, -0.1) is 24.0 Å². The monoisotopic (exact) mass is 244 g/mol. The smallest absolute Gasteiger partial charge is 0.187 e. The summed E-state index contributed by atoms with van der Waals surface area (Å²) in [6, 6.07) is 13.4. The molecule has 0 spiro atoms. The Morgan fingerprint density at radius 3 is 2.75 bits per heavy atom. The number of thiol groups is 1. The Hall–Kier alpha value is -1.32. The van der Waals surface area contributed by atoms with E-state index in [1.807, 2.05) is 24.3 Å². The fourth-order valence-electron chi connectivity index (χ4n) is 1.77. The highest BCUT2D eigenvalue weighted by Gasteiger charge is 2.11. The number of rotatable bonds is 0. The fourth-order valence-corrected chi connectivity index (χ4v) is 3.16. The molecule has 3 heteroatoms. The predicted octanol–water partition coefficient (Wildman–Crippen LogP) is 3.66. The maximum absolute atomic E-state index is 11.7. The van der Waals surface area contributed by atoms with Gasteiger partial charge in [0.1, 0.15) is 0 Å². The molecule has 0 saturated heterocycles. The lowest BCUT2D eigenvalue weighted by molar-refractivity contribution is 1.46. The van der Waals surface area contributed by atoms with Crippen molar-refractivity contribution >= 4 is 34.1 Å². The van der Waals surface area contributed by atoms with Gasteiger partial charge in [-0.3, -0.25) is 4.79 Å². The third kappa shape index (κ3) is 1.44. The van der Waals surface area contributed by atoms with Gasteiger partial charge in [-0.25, -0.2) is 0 Å². The summed E-state index contributed by atoms with van der Waals surface area (Å²) in [5, 5.41) is 1.11. The Morgan fingerprint density at radius 2 is 1.88 bits per heavy atom. The molecule has 3 rings (SSSR count). The summed E-state index contributed by atoms with van der Waals surface area (Å²) in [6.07, 6.45) is 0. The van der Waals surface area contributed by atoms with Gasteiger partial charge in [0.15, 0.2) is 5.43 Å². The second-order valence-corrected chi connectivity index (χ2v) is 5.14. The van der Waals surface area contributed by atoms with Crippen LogP contribution in [0.15, 0.2) is 52.2 Å². The Bertz CT molecular complexity index is 700. The predicted molar refractivity (Wildman–Crippen MR) is 72.0 cm³/mol. The molecule has 0 bridgehead atoms. The molecule has 0 atom stereocenters. The van der Waals surface area contributed by atoms with E-state index in [9.17, 15) is 4.79 Å². The van der Waals surface area contributed by atoms with Crippen molar-refractivity contribution in [2.75, 3.05) is 0 Å². The minimum absolute atomic E-state index is 0.0646. The molecule has 1 aliphatic carbocycles. The van der Waals surface area contributed by atoms with Crippen molar-refractivity contribution in [2.45, 2.75) is 4.90 Å². The van der Waals surface area contributed by atoms with Gasteiger partial charge >= 0.3 is 0 Å². The maximum Gasteiger partial charge on any atom is 0.187 e. The average Bonchev–Trinajstić information content (AvgIpc) is 2.32. The highest BCUT2D eigenvalue weighted by Crippen LogP contribution is 2.34. The van der Waals surface area contributed by atoms with E-state index in [1.165, 1.54) is 4.70 Å². The molecule has 0 saturated carbocycles. The second kappa shape index (κ2) is 3.61. The summed E-state index contributed by atoms with van der Waals surface area (Å²) in [7, 11) is 0. The van der Waals surface area contributed by atoms with Gasteiger partial charge in [0, 0.05) is 15.2 Å². The largest absolute Gasteiger partial charge is 0.289 e. The lowest BCUT2D eigenvalue weighted by atomic mass is 10.1. The molecule has 0 N–H and O–H groups in total. The summed E-state index contributed by atoms with van der Waals surface area (Å²) < 4.78 is 1.18. The minimum Gasteiger partial charge on any atom is -0.289 e. The van der Waals surface area contributed by atoms with Crippen LogP contribution in [0.5, 0.6) is 0 Å². The second-order valence-electron chi connectivity index (χ2n) is 3.61. The van der Waals surface area contributed by atoms with E-state index < -0.39 is 0 Å². The van der Waals surface area contributed by atoms with Crippen LogP contribution in [0.3, 0.4) is 0 Å². The first-order valence-electron chi connectivity index (χ1n) is 4.90. The molecule has 0 radical (unpaired) electrons. The van der Waals surface area contributed by atoms with E-state index in [-0.39, 0.29) is 5.43 Å². The van der Waals surface area contributed by atoms with Gasteiger partial charge in [-0.1, -0.05) is 18.2 Å². The van der Waals surface area contributed by atoms with Crippen molar-refractivity contribution in [1.29, 1.82) is 0 Å². The van der Waals surface area contributed by atoms with Crippen LogP contribution in [-0.2, 0) is 0 Å². The molecule has 0 aromatic heterocycles. The molecule has 0 unspecified atom stereocenters. The molecule has 16 heavy (non-hydrogen) atoms. The van der Waals surface area contributed by atoms with E-state index >= 15 is 0 Å². The molecule has 0 fully saturated rings. The summed E-state index contributed by atoms with van der Waals surface area (Å²) >= 11 is 6.01. The minimum atomic E-state index is 0.0646. The van der Waals surface area contributed by atoms with E-state index in [4.69, 9.17) is 0 Å². The quantitative estimate of drug-likeness (QED) is 0.472. The first-order chi connectivity index (χ1) is 7.75. The zero-order valence-electron chi connectivity index (χ0n) is 8.31. The highest BCUT2D eigenvalue weighted by atomic mass is 32.1. The van der Waals surface area contributed by atoms with Crippen LogP contribution in [0.25, 0.3) is 20.5 Å². The normalized spacial score (nSPS) is 11.1. The van der Waals surface area contributed by atoms with Gasteiger partial charge < -0.3 is 0 Å². The topological polar surface area (TPSA) is 17.1 Å². The van der Waals surface area contributed by atoms with Crippen molar-refractivity contribution in [3.05, 3.63) is 52.7 Å². The Morgan fingerprint density at radius 1 is 1.06 bits per heavy atom. The highest BCUT2D eigenvalue weighted by molar-refractivity contribution is 7.80. The molecular formula is C13H8OS2. The van der Waals surface area contributed by atoms with Crippen LogP contribution in [0.2, 0.25) is 0 Å². The Kier molecular flexibility index (Phi) is 2.23. The zero-order valence-corrected chi connectivity index (χ0v) is 10.0. The molecule has 1 nitrogen and oxygen atoms in total. The van der Waals surface area contributed by atoms with Crippen LogP contribution in [0.1, 0.15) is 0 Å². The third-order valence-electron chi connectivity index (χ3n) is 2.57. The maximum atomic E-state index is 11.7. The van der Waals surface area contributed by atoms with Crippen LogP contribution >= 0.6 is 24.0 Å². The summed E-state index contributed by atoms with van der Waals surface area (Å²) in [5.41, 5.74) is 0.825. The summed E-state index contributed by atoms with van der Waals surface area (Å²) in [5.74, 6) is 0. The fraction of sp³-hybridized carbons (Fsp3) is 0. The molecule has 0 amide bonds. The molecular weight excluding hydrogens is 236 g/mol. The molecule has 78 valence electrons. The van der Waals surface area contributed by atoms with E-state index in [2.05, 4.69) is 18.7 Å². The van der Waals surface area contributed by atoms with Crippen molar-refractivity contribution < 1.29 is 0 Å². The van der Waals surface area contributed by atoms with Gasteiger partial charge in [-0.2, -0.15) is 0 Å². The molecule has 2 aliphatic rings. The van der Waals surface area contributed by atoms with Crippen LogP contribution in [0, 0.1) is 0 Å². The Labute approximate surface area is 102 Å². The molecule has 1 aromatic rings. The average molecular weight is 244 g/mol. The standard InChI is InChI=1S/C13H8OS2/c14-10-5-6-11(15)13-9(10)7-8-3-1-2-4-12(8)16-13/h1-7,15H. The van der Waals surface area contributed by atoms with Crippen LogP contribution in [0.4, 0.5) is 0 Å². The van der Waals surface area contributed by atoms with Gasteiger partial charge in [0.25, 0.3) is 0 Å². The van der Waals surface area contributed by atoms with Crippen molar-refractivity contribution in [1.82, 2.24) is 0 Å². The number of benzene rings is 2. The van der Waals surface area contributed by atoms with E-state index in [1.54, 1.807) is 23.5 Å². The lowest BCUT2D eigenvalue weighted by Gasteiger charge is -2.07. The van der Waals surface area contributed by atoms with Crippen molar-refractivity contribution in [3.63, 3.8) is 0 Å². The van der Waals surface area contributed by atoms with E-state index in [0.717, 1.165) is 20.7 Å². The number of fused-ring (bicyclic) bond motifs is 2. The van der Waals surface area contributed by atoms with Crippen LogP contribution < -0.4 is 5.43 Å². The first kappa shape index (κ1) is 9.87. The van der Waals surface area contributed by atoms with Crippen molar-refractivity contribution in [2.24, 2.45) is 0 Å². The van der Waals surface area contributed by atoms with Gasteiger partial charge in [-0.05, 0) is 29.7 Å². The third-order valence-corrected chi connectivity index (χ3v) is 4.33.